The fourth-order valence-corrected chi connectivity index (χ4v) is 2.52. The van der Waals surface area contributed by atoms with Crippen LogP contribution in [-0.2, 0) is 14.2 Å². The van der Waals surface area contributed by atoms with Crippen LogP contribution in [0.15, 0.2) is 0 Å². The SMILES string of the molecule is COC(CSC1CCOCC1)OC. The highest BCUT2D eigenvalue weighted by Crippen LogP contribution is 2.23. The summed E-state index contributed by atoms with van der Waals surface area (Å²) in [6.07, 6.45) is 2.25. The Morgan fingerprint density at radius 3 is 2.46 bits per heavy atom. The van der Waals surface area contributed by atoms with Crippen molar-refractivity contribution in [3.05, 3.63) is 0 Å². The number of thioether (sulfide) groups is 1. The molecule has 1 fully saturated rings. The molecule has 0 aliphatic carbocycles. The van der Waals surface area contributed by atoms with Gasteiger partial charge < -0.3 is 14.2 Å². The molecule has 0 aromatic carbocycles. The van der Waals surface area contributed by atoms with Gasteiger partial charge in [-0.3, -0.25) is 0 Å². The fourth-order valence-electron chi connectivity index (χ4n) is 1.29. The molecule has 0 aromatic heterocycles. The van der Waals surface area contributed by atoms with Gasteiger partial charge >= 0.3 is 0 Å². The molecule has 3 nitrogen and oxygen atoms in total. The second kappa shape index (κ2) is 6.65. The van der Waals surface area contributed by atoms with Crippen LogP contribution in [0.1, 0.15) is 12.8 Å². The van der Waals surface area contributed by atoms with Crippen molar-refractivity contribution in [1.82, 2.24) is 0 Å². The van der Waals surface area contributed by atoms with Crippen LogP contribution in [0.2, 0.25) is 0 Å². The fraction of sp³-hybridized carbons (Fsp3) is 1.00. The molecule has 1 aliphatic rings. The van der Waals surface area contributed by atoms with Crippen LogP contribution < -0.4 is 0 Å². The van der Waals surface area contributed by atoms with Crippen molar-refractivity contribution in [2.24, 2.45) is 0 Å². The van der Waals surface area contributed by atoms with E-state index in [-0.39, 0.29) is 6.29 Å². The molecule has 0 bridgehead atoms. The Labute approximate surface area is 84.1 Å². The number of methoxy groups -OCH3 is 2. The Morgan fingerprint density at radius 2 is 1.92 bits per heavy atom. The van der Waals surface area contributed by atoms with Crippen molar-refractivity contribution in [2.75, 3.05) is 33.2 Å². The second-order valence-electron chi connectivity index (χ2n) is 3.05. The molecule has 78 valence electrons. The first-order chi connectivity index (χ1) is 6.36. The molecule has 1 heterocycles. The summed E-state index contributed by atoms with van der Waals surface area (Å²) in [6.45, 7) is 1.81. The Morgan fingerprint density at radius 1 is 1.31 bits per heavy atom. The first kappa shape index (κ1) is 11.3. The lowest BCUT2D eigenvalue weighted by molar-refractivity contribution is -0.0843. The standard InChI is InChI=1S/C9H18O3S/c1-10-9(11-2)7-13-8-3-5-12-6-4-8/h8-9H,3-7H2,1-2H3. The Hall–Kier alpha value is 0.230. The highest BCUT2D eigenvalue weighted by molar-refractivity contribution is 7.99. The summed E-state index contributed by atoms with van der Waals surface area (Å²) in [5, 5.41) is 0.724. The lowest BCUT2D eigenvalue weighted by atomic mass is 10.2. The number of rotatable bonds is 5. The highest BCUT2D eigenvalue weighted by Gasteiger charge is 2.16. The molecule has 0 radical (unpaired) electrons. The average Bonchev–Trinajstić information content (AvgIpc) is 2.21. The van der Waals surface area contributed by atoms with Crippen molar-refractivity contribution in [2.45, 2.75) is 24.4 Å². The molecule has 0 unspecified atom stereocenters. The first-order valence-electron chi connectivity index (χ1n) is 4.61. The zero-order chi connectivity index (χ0) is 9.52. The van der Waals surface area contributed by atoms with Crippen LogP contribution in [0.3, 0.4) is 0 Å². The minimum absolute atomic E-state index is 0.0622. The van der Waals surface area contributed by atoms with E-state index < -0.39 is 0 Å². The van der Waals surface area contributed by atoms with Gasteiger partial charge in [0.25, 0.3) is 0 Å². The lowest BCUT2D eigenvalue weighted by Crippen LogP contribution is -2.22. The minimum Gasteiger partial charge on any atom is -0.381 e. The molecule has 1 saturated heterocycles. The lowest BCUT2D eigenvalue weighted by Gasteiger charge is -2.23. The van der Waals surface area contributed by atoms with Crippen molar-refractivity contribution in [1.29, 1.82) is 0 Å². The molecular weight excluding hydrogens is 188 g/mol. The first-order valence-corrected chi connectivity index (χ1v) is 5.66. The van der Waals surface area contributed by atoms with Crippen LogP contribution >= 0.6 is 11.8 Å². The predicted molar refractivity (Wildman–Crippen MR) is 54.1 cm³/mol. The van der Waals surface area contributed by atoms with Crippen molar-refractivity contribution >= 4 is 11.8 Å². The summed E-state index contributed by atoms with van der Waals surface area (Å²) < 4.78 is 15.5. The molecule has 0 saturated carbocycles. The topological polar surface area (TPSA) is 27.7 Å². The average molecular weight is 206 g/mol. The summed E-state index contributed by atoms with van der Waals surface area (Å²) in [4.78, 5) is 0. The molecular formula is C9H18O3S. The van der Waals surface area contributed by atoms with Crippen LogP contribution in [0.4, 0.5) is 0 Å². The monoisotopic (exact) mass is 206 g/mol. The van der Waals surface area contributed by atoms with E-state index >= 15 is 0 Å². The predicted octanol–water partition coefficient (Wildman–Crippen LogP) is 1.52. The van der Waals surface area contributed by atoms with Gasteiger partial charge in [-0.2, -0.15) is 11.8 Å². The van der Waals surface area contributed by atoms with E-state index in [9.17, 15) is 0 Å². The van der Waals surface area contributed by atoms with E-state index in [4.69, 9.17) is 14.2 Å². The summed E-state index contributed by atoms with van der Waals surface area (Å²) in [6, 6.07) is 0. The second-order valence-corrected chi connectivity index (χ2v) is 4.38. The maximum Gasteiger partial charge on any atom is 0.165 e. The van der Waals surface area contributed by atoms with Gasteiger partial charge in [-0.1, -0.05) is 0 Å². The molecule has 1 rings (SSSR count). The third-order valence-corrected chi connectivity index (χ3v) is 3.57. The molecule has 1 aliphatic heterocycles. The van der Waals surface area contributed by atoms with Crippen molar-refractivity contribution < 1.29 is 14.2 Å². The molecule has 0 atom stereocenters. The summed E-state index contributed by atoms with van der Waals surface area (Å²) in [5.41, 5.74) is 0. The molecule has 13 heavy (non-hydrogen) atoms. The normalized spacial score (nSPS) is 19.6. The quantitative estimate of drug-likeness (QED) is 0.637. The van der Waals surface area contributed by atoms with Crippen LogP contribution in [0.5, 0.6) is 0 Å². The Bertz CT molecular complexity index is 122. The molecule has 4 heteroatoms. The maximum atomic E-state index is 5.28. The van der Waals surface area contributed by atoms with Gasteiger partial charge in [-0.15, -0.1) is 0 Å². The number of hydrogen-bond acceptors (Lipinski definition) is 4. The number of ether oxygens (including phenoxy) is 3. The third kappa shape index (κ3) is 4.31. The molecule has 0 aromatic rings. The van der Waals surface area contributed by atoms with Gasteiger partial charge in [-0.25, -0.2) is 0 Å². The highest BCUT2D eigenvalue weighted by atomic mass is 32.2. The summed E-state index contributed by atoms with van der Waals surface area (Å²) in [5.74, 6) is 0.914. The largest absolute Gasteiger partial charge is 0.381 e. The van der Waals surface area contributed by atoms with E-state index in [1.165, 1.54) is 0 Å². The van der Waals surface area contributed by atoms with Crippen LogP contribution in [0.25, 0.3) is 0 Å². The van der Waals surface area contributed by atoms with Crippen LogP contribution in [-0.4, -0.2) is 44.7 Å². The van der Waals surface area contributed by atoms with E-state index in [2.05, 4.69) is 0 Å². The van der Waals surface area contributed by atoms with E-state index in [1.807, 2.05) is 11.8 Å². The van der Waals surface area contributed by atoms with Gasteiger partial charge in [0.05, 0.1) is 0 Å². The van der Waals surface area contributed by atoms with Crippen molar-refractivity contribution in [3.8, 4) is 0 Å². The van der Waals surface area contributed by atoms with Crippen molar-refractivity contribution in [3.63, 3.8) is 0 Å². The summed E-state index contributed by atoms with van der Waals surface area (Å²) >= 11 is 1.92. The Balaban J connectivity index is 2.09. The zero-order valence-electron chi connectivity index (χ0n) is 8.32. The molecule has 0 amide bonds. The van der Waals surface area contributed by atoms with E-state index in [0.717, 1.165) is 37.1 Å². The molecule has 0 spiro atoms. The van der Waals surface area contributed by atoms with Gasteiger partial charge in [0, 0.05) is 38.4 Å². The van der Waals surface area contributed by atoms with E-state index in [0.29, 0.717) is 0 Å². The van der Waals surface area contributed by atoms with Gasteiger partial charge in [0.1, 0.15) is 0 Å². The van der Waals surface area contributed by atoms with Gasteiger partial charge in [-0.05, 0) is 12.8 Å². The third-order valence-electron chi connectivity index (χ3n) is 2.16. The van der Waals surface area contributed by atoms with Gasteiger partial charge in [0.15, 0.2) is 6.29 Å². The molecule has 0 N–H and O–H groups in total. The van der Waals surface area contributed by atoms with E-state index in [1.54, 1.807) is 14.2 Å². The Kier molecular flexibility index (Phi) is 5.78. The number of hydrogen-bond donors (Lipinski definition) is 0. The smallest absolute Gasteiger partial charge is 0.165 e. The van der Waals surface area contributed by atoms with Gasteiger partial charge in [0.2, 0.25) is 0 Å². The summed E-state index contributed by atoms with van der Waals surface area (Å²) in [7, 11) is 3.36. The minimum atomic E-state index is -0.0622. The van der Waals surface area contributed by atoms with Crippen LogP contribution in [0, 0.1) is 0 Å². The maximum absolute atomic E-state index is 5.28. The zero-order valence-corrected chi connectivity index (χ0v) is 9.14.